The van der Waals surface area contributed by atoms with E-state index in [-0.39, 0.29) is 5.41 Å². The fourth-order valence-corrected chi connectivity index (χ4v) is 1.29. The van der Waals surface area contributed by atoms with Crippen LogP contribution in [0.5, 0.6) is 0 Å². The van der Waals surface area contributed by atoms with Crippen LogP contribution in [0.1, 0.15) is 32.2 Å². The summed E-state index contributed by atoms with van der Waals surface area (Å²) in [4.78, 5) is 4.11. The van der Waals surface area contributed by atoms with Gasteiger partial charge < -0.3 is 4.52 Å². The number of hydrogen-bond acceptors (Lipinski definition) is 3. The van der Waals surface area contributed by atoms with Crippen molar-refractivity contribution in [3.63, 3.8) is 0 Å². The zero-order chi connectivity index (χ0) is 10.2. The Balaban J connectivity index is 2.30. The van der Waals surface area contributed by atoms with E-state index in [1.807, 2.05) is 18.4 Å². The molecule has 1 aromatic heterocycles. The molecule has 0 fully saturated rings. The van der Waals surface area contributed by atoms with Crippen molar-refractivity contribution >= 4 is 11.8 Å². The lowest BCUT2D eigenvalue weighted by Gasteiger charge is -2.12. The molecule has 3 nitrogen and oxygen atoms in total. The monoisotopic (exact) mass is 190 g/mol. The average molecular weight is 190 g/mol. The molecule has 0 amide bonds. The summed E-state index contributed by atoms with van der Waals surface area (Å²) in [5.74, 6) is 0.911. The smallest absolute Gasteiger partial charge is 0.142 e. The van der Waals surface area contributed by atoms with Gasteiger partial charge in [0, 0.05) is 23.3 Å². The molecular formula is C11H14N2O. The summed E-state index contributed by atoms with van der Waals surface area (Å²) in [6, 6.07) is 1.99. The van der Waals surface area contributed by atoms with E-state index >= 15 is 0 Å². The molecule has 0 aromatic carbocycles. The van der Waals surface area contributed by atoms with Crippen LogP contribution in [-0.2, 0) is 5.41 Å². The molecule has 0 atom stereocenters. The van der Waals surface area contributed by atoms with E-state index in [1.165, 1.54) is 0 Å². The van der Waals surface area contributed by atoms with E-state index in [2.05, 4.69) is 30.9 Å². The van der Waals surface area contributed by atoms with Gasteiger partial charge in [0.1, 0.15) is 11.5 Å². The zero-order valence-corrected chi connectivity index (χ0v) is 8.74. The number of aliphatic imine (C=N–C) groups is 1. The molecule has 0 N–H and O–H groups in total. The van der Waals surface area contributed by atoms with Gasteiger partial charge in [0.05, 0.1) is 6.54 Å². The minimum atomic E-state index is 0.0154. The van der Waals surface area contributed by atoms with Crippen molar-refractivity contribution in [2.75, 3.05) is 6.54 Å². The molecule has 3 heteroatoms. The maximum Gasteiger partial charge on any atom is 0.142 e. The van der Waals surface area contributed by atoms with Gasteiger partial charge in [0.2, 0.25) is 0 Å². The van der Waals surface area contributed by atoms with E-state index in [0.717, 1.165) is 23.6 Å². The van der Waals surface area contributed by atoms with Gasteiger partial charge in [-0.1, -0.05) is 32.0 Å². The molecule has 2 heterocycles. The van der Waals surface area contributed by atoms with Crippen molar-refractivity contribution in [2.45, 2.75) is 26.2 Å². The summed E-state index contributed by atoms with van der Waals surface area (Å²) in [7, 11) is 0. The van der Waals surface area contributed by atoms with Gasteiger partial charge in [-0.05, 0) is 0 Å². The average Bonchev–Trinajstić information content (AvgIpc) is 2.73. The quantitative estimate of drug-likeness (QED) is 0.682. The van der Waals surface area contributed by atoms with Crippen LogP contribution < -0.4 is 0 Å². The van der Waals surface area contributed by atoms with Gasteiger partial charge in [0.25, 0.3) is 0 Å². The molecule has 0 saturated carbocycles. The molecule has 0 bridgehead atoms. The first kappa shape index (κ1) is 9.19. The molecule has 0 spiro atoms. The van der Waals surface area contributed by atoms with Crippen molar-refractivity contribution in [2.24, 2.45) is 4.99 Å². The van der Waals surface area contributed by atoms with Crippen LogP contribution in [0.2, 0.25) is 0 Å². The summed E-state index contributed by atoms with van der Waals surface area (Å²) >= 11 is 0. The normalized spacial score (nSPS) is 16.1. The third-order valence-electron chi connectivity index (χ3n) is 2.19. The number of rotatable bonds is 1. The van der Waals surface area contributed by atoms with E-state index in [1.54, 1.807) is 0 Å². The lowest BCUT2D eigenvalue weighted by molar-refractivity contribution is 0.328. The first-order valence-electron chi connectivity index (χ1n) is 4.75. The molecule has 0 radical (unpaired) electrons. The van der Waals surface area contributed by atoms with E-state index < -0.39 is 0 Å². The van der Waals surface area contributed by atoms with E-state index in [9.17, 15) is 0 Å². The molecule has 74 valence electrons. The van der Waals surface area contributed by atoms with Crippen molar-refractivity contribution in [1.82, 2.24) is 5.16 Å². The highest BCUT2D eigenvalue weighted by molar-refractivity contribution is 6.10. The Bertz CT molecular complexity index is 394. The topological polar surface area (TPSA) is 38.4 Å². The van der Waals surface area contributed by atoms with Crippen molar-refractivity contribution in [3.8, 4) is 0 Å². The zero-order valence-electron chi connectivity index (χ0n) is 8.74. The number of nitrogens with zero attached hydrogens (tertiary/aromatic N) is 2. The molecular weight excluding hydrogens is 176 g/mol. The van der Waals surface area contributed by atoms with Gasteiger partial charge in [-0.25, -0.2) is 0 Å². The molecule has 1 aromatic rings. The second kappa shape index (κ2) is 3.08. The maximum atomic E-state index is 5.29. The third-order valence-corrected chi connectivity index (χ3v) is 2.19. The van der Waals surface area contributed by atoms with Gasteiger partial charge in [-0.3, -0.25) is 4.99 Å². The fraction of sp³-hybridized carbons (Fsp3) is 0.455. The second-order valence-corrected chi connectivity index (χ2v) is 4.48. The Kier molecular flexibility index (Phi) is 2.02. The maximum absolute atomic E-state index is 5.29. The van der Waals surface area contributed by atoms with Crippen LogP contribution in [-0.4, -0.2) is 17.9 Å². The van der Waals surface area contributed by atoms with Crippen LogP contribution in [0.4, 0.5) is 0 Å². The number of allylic oxidation sites excluding steroid dienone is 1. The Morgan fingerprint density at radius 3 is 2.64 bits per heavy atom. The van der Waals surface area contributed by atoms with Crippen molar-refractivity contribution in [1.29, 1.82) is 0 Å². The van der Waals surface area contributed by atoms with Crippen LogP contribution in [0.25, 0.3) is 5.57 Å². The molecule has 0 unspecified atom stereocenters. The second-order valence-electron chi connectivity index (χ2n) is 4.48. The van der Waals surface area contributed by atoms with Crippen molar-refractivity contribution in [3.05, 3.63) is 23.6 Å². The van der Waals surface area contributed by atoms with Crippen LogP contribution in [0, 0.1) is 0 Å². The number of aromatic nitrogens is 1. The van der Waals surface area contributed by atoms with Gasteiger partial charge >= 0.3 is 0 Å². The minimum Gasteiger partial charge on any atom is -0.360 e. The van der Waals surface area contributed by atoms with Gasteiger partial charge in [-0.15, -0.1) is 0 Å². The third kappa shape index (κ3) is 1.62. The lowest BCUT2D eigenvalue weighted by Crippen LogP contribution is -2.09. The Morgan fingerprint density at radius 1 is 1.36 bits per heavy atom. The Hall–Kier alpha value is -1.38. The largest absolute Gasteiger partial charge is 0.360 e. The fourth-order valence-electron chi connectivity index (χ4n) is 1.29. The van der Waals surface area contributed by atoms with Crippen LogP contribution in [0.15, 0.2) is 21.7 Å². The lowest BCUT2D eigenvalue weighted by atomic mass is 9.93. The molecule has 1 aliphatic rings. The summed E-state index contributed by atoms with van der Waals surface area (Å²) in [6.07, 6.45) is 3.88. The molecule has 0 aliphatic carbocycles. The van der Waals surface area contributed by atoms with Crippen LogP contribution >= 0.6 is 0 Å². The van der Waals surface area contributed by atoms with Crippen molar-refractivity contribution < 1.29 is 4.52 Å². The highest BCUT2D eigenvalue weighted by atomic mass is 16.5. The Morgan fingerprint density at radius 2 is 2.14 bits per heavy atom. The SMILES string of the molecule is CC(C)(C)c1cc(C2=CCN=C2)no1. The van der Waals surface area contributed by atoms with Gasteiger partial charge in [-0.2, -0.15) is 0 Å². The van der Waals surface area contributed by atoms with Crippen LogP contribution in [0.3, 0.4) is 0 Å². The van der Waals surface area contributed by atoms with E-state index in [4.69, 9.17) is 4.52 Å². The standard InChI is InChI=1S/C11H14N2O/c1-11(2,3)10-6-9(13-14-10)8-4-5-12-7-8/h4,6-7H,5H2,1-3H3. The molecule has 2 rings (SSSR count). The Labute approximate surface area is 83.5 Å². The molecule has 1 aliphatic heterocycles. The summed E-state index contributed by atoms with van der Waals surface area (Å²) in [6.45, 7) is 7.07. The first-order valence-corrected chi connectivity index (χ1v) is 4.75. The summed E-state index contributed by atoms with van der Waals surface area (Å²) < 4.78 is 5.29. The number of hydrogen-bond donors (Lipinski definition) is 0. The first-order chi connectivity index (χ1) is 6.57. The summed E-state index contributed by atoms with van der Waals surface area (Å²) in [5, 5.41) is 4.03. The highest BCUT2D eigenvalue weighted by Gasteiger charge is 2.20. The molecule has 14 heavy (non-hydrogen) atoms. The predicted molar refractivity (Wildman–Crippen MR) is 56.5 cm³/mol. The van der Waals surface area contributed by atoms with E-state index in [0.29, 0.717) is 0 Å². The minimum absolute atomic E-state index is 0.0154. The summed E-state index contributed by atoms with van der Waals surface area (Å²) in [5.41, 5.74) is 1.96. The van der Waals surface area contributed by atoms with Gasteiger partial charge in [0.15, 0.2) is 0 Å². The molecule has 0 saturated heterocycles. The predicted octanol–water partition coefficient (Wildman–Crippen LogP) is 2.44. The highest BCUT2D eigenvalue weighted by Crippen LogP contribution is 2.25.